The number of aliphatic carboxylic acids is 1. The van der Waals surface area contributed by atoms with Crippen LogP contribution >= 0.6 is 7.82 Å². The number of phosphoric acid groups is 1. The van der Waals surface area contributed by atoms with Crippen LogP contribution in [-0.2, 0) is 32.7 Å². The van der Waals surface area contributed by atoms with Crippen molar-refractivity contribution in [2.75, 3.05) is 26.4 Å². The third kappa shape index (κ3) is 39.7. The monoisotopic (exact) mass is 796 g/mol. The lowest BCUT2D eigenvalue weighted by atomic mass is 10.1. The molecule has 0 saturated heterocycles. The van der Waals surface area contributed by atoms with Crippen molar-refractivity contribution in [3.05, 3.63) is 60.8 Å². The van der Waals surface area contributed by atoms with Crippen molar-refractivity contribution in [3.63, 3.8) is 0 Å². The van der Waals surface area contributed by atoms with Gasteiger partial charge in [0.15, 0.2) is 0 Å². The number of carboxylic acids is 1. The molecular formula is C44H78NO9P. The van der Waals surface area contributed by atoms with E-state index < -0.39 is 45.1 Å². The molecule has 55 heavy (non-hydrogen) atoms. The molecule has 3 unspecified atom stereocenters. The molecule has 0 aromatic carbocycles. The van der Waals surface area contributed by atoms with Gasteiger partial charge in [0.2, 0.25) is 0 Å². The van der Waals surface area contributed by atoms with E-state index in [1.807, 2.05) is 0 Å². The average molecular weight is 796 g/mol. The van der Waals surface area contributed by atoms with Crippen molar-refractivity contribution in [2.24, 2.45) is 5.73 Å². The van der Waals surface area contributed by atoms with Crippen LogP contribution in [0.3, 0.4) is 0 Å². The third-order valence-electron chi connectivity index (χ3n) is 8.78. The van der Waals surface area contributed by atoms with Crippen molar-refractivity contribution >= 4 is 19.8 Å². The molecule has 10 nitrogen and oxygen atoms in total. The second-order valence-electron chi connectivity index (χ2n) is 14.1. The zero-order valence-corrected chi connectivity index (χ0v) is 35.4. The fourth-order valence-electron chi connectivity index (χ4n) is 5.46. The highest BCUT2D eigenvalue weighted by molar-refractivity contribution is 7.47. The first-order valence-electron chi connectivity index (χ1n) is 21.3. The summed E-state index contributed by atoms with van der Waals surface area (Å²) in [5.74, 6) is -1.80. The molecule has 0 radical (unpaired) electrons. The Morgan fingerprint density at radius 1 is 0.600 bits per heavy atom. The van der Waals surface area contributed by atoms with E-state index in [4.69, 9.17) is 29.4 Å². The first-order chi connectivity index (χ1) is 26.7. The molecule has 3 atom stereocenters. The molecule has 318 valence electrons. The maximum atomic E-state index is 12.6. The van der Waals surface area contributed by atoms with E-state index in [1.165, 1.54) is 51.4 Å². The molecule has 0 saturated carbocycles. The van der Waals surface area contributed by atoms with Gasteiger partial charge in [-0.25, -0.2) is 4.57 Å². The maximum Gasteiger partial charge on any atom is 0.472 e. The van der Waals surface area contributed by atoms with Gasteiger partial charge in [0, 0.05) is 13.0 Å². The summed E-state index contributed by atoms with van der Waals surface area (Å²) < 4.78 is 33.3. The largest absolute Gasteiger partial charge is 0.480 e. The molecule has 11 heteroatoms. The highest BCUT2D eigenvalue weighted by Crippen LogP contribution is 2.43. The number of hydrogen-bond donors (Lipinski definition) is 3. The number of ether oxygens (including phenoxy) is 2. The van der Waals surface area contributed by atoms with Crippen LogP contribution in [0.1, 0.15) is 168 Å². The van der Waals surface area contributed by atoms with E-state index in [-0.39, 0.29) is 13.0 Å². The van der Waals surface area contributed by atoms with Crippen LogP contribution in [0.25, 0.3) is 0 Å². The normalized spacial score (nSPS) is 14.5. The first kappa shape index (κ1) is 52.7. The lowest BCUT2D eigenvalue weighted by Gasteiger charge is -2.20. The van der Waals surface area contributed by atoms with Gasteiger partial charge in [-0.05, 0) is 70.6 Å². The predicted molar refractivity (Wildman–Crippen MR) is 226 cm³/mol. The van der Waals surface area contributed by atoms with Crippen LogP contribution in [0.15, 0.2) is 60.8 Å². The molecule has 0 rings (SSSR count). The number of esters is 1. The minimum absolute atomic E-state index is 0.00701. The van der Waals surface area contributed by atoms with Gasteiger partial charge in [-0.1, -0.05) is 152 Å². The van der Waals surface area contributed by atoms with Crippen molar-refractivity contribution < 1.29 is 42.7 Å². The third-order valence-corrected chi connectivity index (χ3v) is 9.73. The number of nitrogens with two attached hydrogens (primary N) is 1. The molecule has 0 amide bonds. The van der Waals surface area contributed by atoms with E-state index in [0.29, 0.717) is 13.0 Å². The van der Waals surface area contributed by atoms with E-state index in [9.17, 15) is 19.0 Å². The van der Waals surface area contributed by atoms with Gasteiger partial charge in [-0.15, -0.1) is 0 Å². The predicted octanol–water partition coefficient (Wildman–Crippen LogP) is 11.6. The van der Waals surface area contributed by atoms with Gasteiger partial charge >= 0.3 is 19.8 Å². The smallest absolute Gasteiger partial charge is 0.472 e. The number of hydrogen-bond acceptors (Lipinski definition) is 8. The van der Waals surface area contributed by atoms with Crippen LogP contribution in [0, 0.1) is 0 Å². The van der Waals surface area contributed by atoms with E-state index in [0.717, 1.165) is 89.9 Å². The Kier molecular flexibility index (Phi) is 38.2. The van der Waals surface area contributed by atoms with E-state index in [1.54, 1.807) is 0 Å². The molecule has 0 aromatic heterocycles. The molecule has 0 aliphatic carbocycles. The van der Waals surface area contributed by atoms with Crippen LogP contribution in [-0.4, -0.2) is 60.5 Å². The summed E-state index contributed by atoms with van der Waals surface area (Å²) in [7, 11) is -4.62. The molecule has 0 heterocycles. The lowest BCUT2D eigenvalue weighted by Crippen LogP contribution is -2.34. The van der Waals surface area contributed by atoms with Crippen molar-refractivity contribution in [1.82, 2.24) is 0 Å². The number of carbonyl (C=O) groups excluding carboxylic acids is 1. The lowest BCUT2D eigenvalue weighted by molar-refractivity contribution is -0.154. The minimum Gasteiger partial charge on any atom is -0.480 e. The first-order valence-corrected chi connectivity index (χ1v) is 22.8. The van der Waals surface area contributed by atoms with Gasteiger partial charge in [0.05, 0.1) is 19.8 Å². The standard InChI is InChI=1S/C44H78NO9P/c1-3-5-7-9-11-13-15-16-17-18-19-20-21-22-23-24-25-27-29-31-33-35-37-51-38-41(39-52-55(49,50)53-40-42(45)44(47)48)54-43(46)36-34-32-30-28-26-14-12-10-8-6-4-2/h5,7,10-13,16-17,19-20,41-42H,3-4,6,8-9,14-15,18,21-40,45H2,1-2H3,(H,47,48)(H,49,50)/b7-5-,12-10-,13-11-,17-16-,20-19-. The minimum atomic E-state index is -4.62. The Morgan fingerprint density at radius 2 is 1.05 bits per heavy atom. The SMILES string of the molecule is CC/C=C\C/C=C\C/C=C\C/C=C\CCCCCCCCCCCOCC(COP(=O)(O)OCC(N)C(=O)O)OC(=O)CCCCCCC/C=C\CCCC. The van der Waals surface area contributed by atoms with Crippen LogP contribution in [0.5, 0.6) is 0 Å². The molecule has 0 aromatic rings. The maximum absolute atomic E-state index is 12.6. The Balaban J connectivity index is 4.19. The van der Waals surface area contributed by atoms with Crippen molar-refractivity contribution in [1.29, 1.82) is 0 Å². The van der Waals surface area contributed by atoms with Crippen molar-refractivity contribution in [2.45, 2.75) is 180 Å². The number of unbranched alkanes of at least 4 members (excludes halogenated alkanes) is 16. The van der Waals surface area contributed by atoms with Gasteiger partial charge < -0.3 is 25.2 Å². The average Bonchev–Trinajstić information content (AvgIpc) is 3.16. The summed E-state index contributed by atoms with van der Waals surface area (Å²) in [5.41, 5.74) is 5.35. The van der Waals surface area contributed by atoms with Gasteiger partial charge in [-0.2, -0.15) is 0 Å². The highest BCUT2D eigenvalue weighted by atomic mass is 31.2. The zero-order chi connectivity index (χ0) is 40.5. The Morgan fingerprint density at radius 3 is 1.60 bits per heavy atom. The Labute approximate surface area is 334 Å². The summed E-state index contributed by atoms with van der Waals surface area (Å²) in [6.45, 7) is 3.69. The summed E-state index contributed by atoms with van der Waals surface area (Å²) in [6, 6.07) is -1.48. The number of allylic oxidation sites excluding steroid dienone is 10. The second-order valence-corrected chi connectivity index (χ2v) is 15.5. The summed E-state index contributed by atoms with van der Waals surface area (Å²) in [6.07, 6.45) is 47.1. The number of rotatable bonds is 40. The fraction of sp³-hybridized carbons (Fsp3) is 0.727. The molecule has 0 aliphatic heterocycles. The molecule has 0 aliphatic rings. The van der Waals surface area contributed by atoms with Crippen LogP contribution in [0.4, 0.5) is 0 Å². The van der Waals surface area contributed by atoms with Crippen LogP contribution < -0.4 is 5.73 Å². The molecule has 0 spiro atoms. The zero-order valence-electron chi connectivity index (χ0n) is 34.5. The van der Waals surface area contributed by atoms with Gasteiger partial charge in [0.25, 0.3) is 0 Å². The number of phosphoric ester groups is 1. The highest BCUT2D eigenvalue weighted by Gasteiger charge is 2.27. The van der Waals surface area contributed by atoms with Gasteiger partial charge in [-0.3, -0.25) is 18.6 Å². The number of carbonyl (C=O) groups is 2. The summed E-state index contributed by atoms with van der Waals surface area (Å²) in [4.78, 5) is 33.4. The molecule has 0 fully saturated rings. The fourth-order valence-corrected chi connectivity index (χ4v) is 6.24. The van der Waals surface area contributed by atoms with Crippen LogP contribution in [0.2, 0.25) is 0 Å². The van der Waals surface area contributed by atoms with E-state index >= 15 is 0 Å². The molecular weight excluding hydrogens is 717 g/mol. The molecule has 4 N–H and O–H groups in total. The Hall–Kier alpha value is -2.33. The van der Waals surface area contributed by atoms with E-state index in [2.05, 4.69) is 74.6 Å². The molecule has 0 bridgehead atoms. The Bertz CT molecular complexity index is 1100. The topological polar surface area (TPSA) is 155 Å². The van der Waals surface area contributed by atoms with Gasteiger partial charge in [0.1, 0.15) is 12.1 Å². The quantitative estimate of drug-likeness (QED) is 0.0236. The number of carboxylic acid groups (broad SMARTS) is 1. The summed E-state index contributed by atoms with van der Waals surface area (Å²) in [5, 5.41) is 8.88. The second kappa shape index (κ2) is 39.9. The summed E-state index contributed by atoms with van der Waals surface area (Å²) >= 11 is 0. The van der Waals surface area contributed by atoms with Crippen molar-refractivity contribution in [3.8, 4) is 0 Å².